The average molecular weight is 597 g/mol. The summed E-state index contributed by atoms with van der Waals surface area (Å²) in [5, 5.41) is 5.19. The molecule has 0 radical (unpaired) electrons. The standard InChI is InChI=1S/C37H44N2O5/c1-3-43-33(40)24-39(16-15-25-9-5-4-6-10-25)35(41)37(2,23-26-13-14-29-11-7-8-12-30(29)18-26)38-36(42)44-34-31-19-27-17-28(21-31)22-32(34)20-27/h4-14,18,27-28,31-32,34H,3,15-17,19-24H2,1-2H3,(H,38,42). The molecular weight excluding hydrogens is 552 g/mol. The van der Waals surface area contributed by atoms with Crippen LogP contribution in [0.5, 0.6) is 0 Å². The van der Waals surface area contributed by atoms with Crippen LogP contribution in [0.15, 0.2) is 72.8 Å². The van der Waals surface area contributed by atoms with Crippen molar-refractivity contribution in [2.75, 3.05) is 19.7 Å². The molecule has 44 heavy (non-hydrogen) atoms. The number of alkyl carbamates (subject to hydrolysis) is 1. The zero-order chi connectivity index (χ0) is 30.7. The van der Waals surface area contributed by atoms with E-state index in [2.05, 4.69) is 17.4 Å². The summed E-state index contributed by atoms with van der Waals surface area (Å²) in [5.41, 5.74) is 0.613. The SMILES string of the molecule is CCOC(=O)CN(CCc1ccccc1)C(=O)C(C)(Cc1ccc2ccccc2c1)NC(=O)OC1C2CC3CC(C2)CC1C3. The number of benzene rings is 3. The number of rotatable bonds is 11. The van der Waals surface area contributed by atoms with Crippen LogP contribution in [-0.4, -0.2) is 54.2 Å². The number of ether oxygens (including phenoxy) is 2. The molecule has 1 unspecified atom stereocenters. The van der Waals surface area contributed by atoms with E-state index in [4.69, 9.17) is 9.47 Å². The summed E-state index contributed by atoms with van der Waals surface area (Å²) < 4.78 is 11.4. The Morgan fingerprint density at radius 1 is 0.841 bits per heavy atom. The summed E-state index contributed by atoms with van der Waals surface area (Å²) in [4.78, 5) is 42.4. The smallest absolute Gasteiger partial charge is 0.408 e. The van der Waals surface area contributed by atoms with E-state index in [1.165, 1.54) is 11.3 Å². The highest BCUT2D eigenvalue weighted by molar-refractivity contribution is 5.92. The molecule has 4 saturated carbocycles. The van der Waals surface area contributed by atoms with Gasteiger partial charge in [0.15, 0.2) is 0 Å². The van der Waals surface area contributed by atoms with Gasteiger partial charge in [0.05, 0.1) is 6.61 Å². The average Bonchev–Trinajstić information content (AvgIpc) is 3.01. The number of amides is 2. The molecule has 0 spiro atoms. The molecule has 232 valence electrons. The van der Waals surface area contributed by atoms with Gasteiger partial charge in [-0.05, 0) is 97.9 Å². The highest BCUT2D eigenvalue weighted by atomic mass is 16.6. The Kier molecular flexibility index (Phi) is 8.92. The summed E-state index contributed by atoms with van der Waals surface area (Å²) in [6.45, 7) is 3.84. The van der Waals surface area contributed by atoms with Gasteiger partial charge in [0.25, 0.3) is 0 Å². The third-order valence-corrected chi connectivity index (χ3v) is 10.0. The summed E-state index contributed by atoms with van der Waals surface area (Å²) in [7, 11) is 0. The first kappa shape index (κ1) is 30.2. The number of hydrogen-bond donors (Lipinski definition) is 1. The minimum atomic E-state index is -1.35. The molecule has 0 heterocycles. The maximum absolute atomic E-state index is 14.5. The lowest BCUT2D eigenvalue weighted by Gasteiger charge is -2.53. The van der Waals surface area contributed by atoms with Crippen LogP contribution in [0.2, 0.25) is 0 Å². The molecule has 3 aromatic carbocycles. The van der Waals surface area contributed by atoms with Gasteiger partial charge in [-0.2, -0.15) is 0 Å². The maximum atomic E-state index is 14.5. The van der Waals surface area contributed by atoms with E-state index in [0.29, 0.717) is 24.8 Å². The van der Waals surface area contributed by atoms with Crippen molar-refractivity contribution in [3.63, 3.8) is 0 Å². The van der Waals surface area contributed by atoms with Crippen molar-refractivity contribution in [1.29, 1.82) is 0 Å². The molecule has 0 aromatic heterocycles. The van der Waals surface area contributed by atoms with Gasteiger partial charge in [0.2, 0.25) is 5.91 Å². The lowest BCUT2D eigenvalue weighted by molar-refractivity contribution is -0.151. The van der Waals surface area contributed by atoms with Gasteiger partial charge in [-0.3, -0.25) is 9.59 Å². The molecular formula is C37H44N2O5. The topological polar surface area (TPSA) is 84.9 Å². The first-order chi connectivity index (χ1) is 21.3. The van der Waals surface area contributed by atoms with Gasteiger partial charge >= 0.3 is 12.1 Å². The van der Waals surface area contributed by atoms with Gasteiger partial charge < -0.3 is 19.7 Å². The van der Waals surface area contributed by atoms with Crippen LogP contribution in [0.25, 0.3) is 10.8 Å². The molecule has 0 saturated heterocycles. The lowest BCUT2D eigenvalue weighted by Crippen LogP contribution is -2.61. The van der Waals surface area contributed by atoms with Crippen LogP contribution in [-0.2, 0) is 31.9 Å². The van der Waals surface area contributed by atoms with E-state index in [-0.39, 0.29) is 31.6 Å². The number of esters is 1. The molecule has 4 aliphatic rings. The van der Waals surface area contributed by atoms with E-state index in [1.807, 2.05) is 60.7 Å². The fourth-order valence-corrected chi connectivity index (χ4v) is 8.25. The lowest BCUT2D eigenvalue weighted by atomic mass is 9.55. The molecule has 4 fully saturated rings. The van der Waals surface area contributed by atoms with Crippen LogP contribution in [0.3, 0.4) is 0 Å². The van der Waals surface area contributed by atoms with Crippen LogP contribution in [0.1, 0.15) is 57.1 Å². The monoisotopic (exact) mass is 596 g/mol. The number of carbonyl (C=O) groups is 3. The quantitative estimate of drug-likeness (QED) is 0.262. The summed E-state index contributed by atoms with van der Waals surface area (Å²) >= 11 is 0. The molecule has 0 aliphatic heterocycles. The highest BCUT2D eigenvalue weighted by Gasteiger charge is 2.50. The van der Waals surface area contributed by atoms with E-state index in [9.17, 15) is 14.4 Å². The first-order valence-corrected chi connectivity index (χ1v) is 16.2. The largest absolute Gasteiger partial charge is 0.465 e. The predicted molar refractivity (Wildman–Crippen MR) is 170 cm³/mol. The Morgan fingerprint density at radius 2 is 1.50 bits per heavy atom. The Balaban J connectivity index is 1.25. The zero-order valence-corrected chi connectivity index (χ0v) is 25.9. The van der Waals surface area contributed by atoms with Crippen molar-refractivity contribution in [3.05, 3.63) is 83.9 Å². The van der Waals surface area contributed by atoms with Gasteiger partial charge in [0.1, 0.15) is 18.2 Å². The van der Waals surface area contributed by atoms with Crippen LogP contribution >= 0.6 is 0 Å². The van der Waals surface area contributed by atoms with Gasteiger partial charge in [0, 0.05) is 13.0 Å². The second kappa shape index (κ2) is 13.0. The second-order valence-corrected chi connectivity index (χ2v) is 13.4. The molecule has 7 nitrogen and oxygen atoms in total. The number of nitrogens with zero attached hydrogens (tertiary/aromatic N) is 1. The minimum Gasteiger partial charge on any atom is -0.465 e. The highest BCUT2D eigenvalue weighted by Crippen LogP contribution is 2.54. The van der Waals surface area contributed by atoms with Crippen LogP contribution < -0.4 is 5.32 Å². The van der Waals surface area contributed by atoms with Crippen molar-refractivity contribution >= 4 is 28.7 Å². The van der Waals surface area contributed by atoms with Gasteiger partial charge in [-0.25, -0.2) is 4.79 Å². The Bertz CT molecular complexity index is 1460. The molecule has 4 aliphatic carbocycles. The van der Waals surface area contributed by atoms with Crippen molar-refractivity contribution in [2.24, 2.45) is 23.7 Å². The van der Waals surface area contributed by atoms with Crippen molar-refractivity contribution in [3.8, 4) is 0 Å². The Labute approximate surface area is 260 Å². The fraction of sp³-hybridized carbons (Fsp3) is 0.486. The molecule has 2 amide bonds. The number of hydrogen-bond acceptors (Lipinski definition) is 5. The Hall–Kier alpha value is -3.87. The molecule has 3 aromatic rings. The minimum absolute atomic E-state index is 0.100. The zero-order valence-electron chi connectivity index (χ0n) is 25.9. The first-order valence-electron chi connectivity index (χ1n) is 16.2. The van der Waals surface area contributed by atoms with Crippen LogP contribution in [0.4, 0.5) is 4.79 Å². The Morgan fingerprint density at radius 3 is 2.18 bits per heavy atom. The van der Waals surface area contributed by atoms with E-state index in [1.54, 1.807) is 13.8 Å². The molecule has 7 heteroatoms. The van der Waals surface area contributed by atoms with Gasteiger partial charge in [-0.15, -0.1) is 0 Å². The van der Waals surface area contributed by atoms with E-state index >= 15 is 0 Å². The summed E-state index contributed by atoms with van der Waals surface area (Å²) in [6.07, 6.45) is 6.00. The number of nitrogens with one attached hydrogen (secondary N) is 1. The van der Waals surface area contributed by atoms with Crippen molar-refractivity contribution in [1.82, 2.24) is 10.2 Å². The third-order valence-electron chi connectivity index (χ3n) is 10.0. The normalized spacial score (nSPS) is 24.8. The fourth-order valence-electron chi connectivity index (χ4n) is 8.25. The van der Waals surface area contributed by atoms with E-state index in [0.717, 1.165) is 59.4 Å². The molecule has 7 rings (SSSR count). The van der Waals surface area contributed by atoms with Crippen molar-refractivity contribution < 1.29 is 23.9 Å². The summed E-state index contributed by atoms with van der Waals surface area (Å²) in [6, 6.07) is 24.0. The predicted octanol–water partition coefficient (Wildman–Crippen LogP) is 6.33. The second-order valence-electron chi connectivity index (χ2n) is 13.4. The van der Waals surface area contributed by atoms with Crippen molar-refractivity contribution in [2.45, 2.75) is 70.4 Å². The summed E-state index contributed by atoms with van der Waals surface area (Å²) in [5.74, 6) is 1.54. The van der Waals surface area contributed by atoms with Crippen LogP contribution in [0, 0.1) is 23.7 Å². The molecule has 4 bridgehead atoms. The molecule has 1 N–H and O–H groups in total. The third kappa shape index (κ3) is 6.77. The van der Waals surface area contributed by atoms with E-state index < -0.39 is 17.6 Å². The van der Waals surface area contributed by atoms with Gasteiger partial charge in [-0.1, -0.05) is 72.8 Å². The number of fused-ring (bicyclic) bond motifs is 1. The maximum Gasteiger partial charge on any atom is 0.408 e. The molecule has 1 atom stereocenters. The number of carbonyl (C=O) groups excluding carboxylic acids is 3.